The Bertz CT molecular complexity index is 438. The van der Waals surface area contributed by atoms with Gasteiger partial charge < -0.3 is 18.9 Å². The molecule has 0 fully saturated rings. The summed E-state index contributed by atoms with van der Waals surface area (Å²) < 4.78 is 20.8. The first-order valence-corrected chi connectivity index (χ1v) is 8.32. The molecule has 0 aliphatic rings. The molecule has 0 atom stereocenters. The summed E-state index contributed by atoms with van der Waals surface area (Å²) in [5, 5.41) is 0. The number of benzene rings is 1. The van der Waals surface area contributed by atoms with Gasteiger partial charge in [0.05, 0.1) is 26.4 Å². The summed E-state index contributed by atoms with van der Waals surface area (Å²) in [5.74, 6) is 1.04. The van der Waals surface area contributed by atoms with Crippen molar-refractivity contribution in [3.05, 3.63) is 24.3 Å². The molecule has 24 heavy (non-hydrogen) atoms. The lowest BCUT2D eigenvalue weighted by molar-refractivity contribution is -0.144. The molecule has 0 amide bonds. The minimum absolute atomic E-state index is 0.201. The average Bonchev–Trinajstić information content (AvgIpc) is 2.57. The number of rotatable bonds is 12. The number of ether oxygens (including phenoxy) is 4. The van der Waals surface area contributed by atoms with Crippen LogP contribution in [0.15, 0.2) is 24.3 Å². The summed E-state index contributed by atoms with van der Waals surface area (Å²) in [7, 11) is 0. The number of hydrogen-bond acceptors (Lipinski definition) is 6. The van der Waals surface area contributed by atoms with Crippen molar-refractivity contribution in [3.8, 4) is 11.5 Å². The zero-order valence-electron chi connectivity index (χ0n) is 14.4. The summed E-state index contributed by atoms with van der Waals surface area (Å²) in [6.07, 6.45) is 1.95. The second-order valence-corrected chi connectivity index (χ2v) is 4.99. The van der Waals surface area contributed by atoms with Crippen LogP contribution in [0, 0.1) is 0 Å². The Morgan fingerprint density at radius 1 is 0.750 bits per heavy atom. The summed E-state index contributed by atoms with van der Waals surface area (Å²) in [6.45, 7) is 5.29. The highest BCUT2D eigenvalue weighted by atomic mass is 16.5. The van der Waals surface area contributed by atoms with E-state index in [1.165, 1.54) is 0 Å². The average molecular weight is 338 g/mol. The molecule has 1 aromatic carbocycles. The molecule has 0 saturated carbocycles. The maximum absolute atomic E-state index is 11.2. The van der Waals surface area contributed by atoms with Gasteiger partial charge in [0.2, 0.25) is 0 Å². The smallest absolute Gasteiger partial charge is 0.305 e. The third-order valence-corrected chi connectivity index (χ3v) is 3.02. The van der Waals surface area contributed by atoms with Gasteiger partial charge in [0.25, 0.3) is 0 Å². The van der Waals surface area contributed by atoms with Crippen LogP contribution in [-0.4, -0.2) is 38.4 Å². The molecule has 1 aromatic rings. The van der Waals surface area contributed by atoms with Crippen LogP contribution >= 0.6 is 0 Å². The molecule has 6 nitrogen and oxygen atoms in total. The van der Waals surface area contributed by atoms with Gasteiger partial charge in [-0.25, -0.2) is 0 Å². The second kappa shape index (κ2) is 12.2. The molecule has 134 valence electrons. The van der Waals surface area contributed by atoms with Gasteiger partial charge in [-0.2, -0.15) is 0 Å². The third kappa shape index (κ3) is 9.02. The van der Waals surface area contributed by atoms with Crippen molar-refractivity contribution in [1.29, 1.82) is 0 Å². The highest BCUT2D eigenvalue weighted by Gasteiger charge is 2.03. The van der Waals surface area contributed by atoms with E-state index < -0.39 is 0 Å². The van der Waals surface area contributed by atoms with E-state index in [1.54, 1.807) is 13.8 Å². The summed E-state index contributed by atoms with van der Waals surface area (Å²) >= 11 is 0. The minimum atomic E-state index is -0.201. The van der Waals surface area contributed by atoms with Crippen LogP contribution in [0.1, 0.15) is 39.5 Å². The molecule has 0 spiro atoms. The van der Waals surface area contributed by atoms with Crippen molar-refractivity contribution in [2.45, 2.75) is 39.5 Å². The molecule has 0 N–H and O–H groups in total. The fourth-order valence-corrected chi connectivity index (χ4v) is 1.91. The van der Waals surface area contributed by atoms with E-state index in [0.29, 0.717) is 52.1 Å². The van der Waals surface area contributed by atoms with Crippen LogP contribution < -0.4 is 9.47 Å². The number of carbonyl (C=O) groups excluding carboxylic acids is 2. The standard InChI is InChI=1S/C18H26O6/c1-3-21-17(19)7-5-13-23-15-9-11-16(12-10-15)24-14-6-8-18(20)22-4-2/h9-12H,3-8,13-14H2,1-2H3. The van der Waals surface area contributed by atoms with Crippen LogP contribution in [0.2, 0.25) is 0 Å². The summed E-state index contributed by atoms with van der Waals surface area (Å²) in [6, 6.07) is 7.24. The highest BCUT2D eigenvalue weighted by molar-refractivity contribution is 5.69. The van der Waals surface area contributed by atoms with Crippen molar-refractivity contribution in [2.24, 2.45) is 0 Å². The van der Waals surface area contributed by atoms with Gasteiger partial charge in [0.1, 0.15) is 11.5 Å². The van der Waals surface area contributed by atoms with Crippen LogP contribution in [0.25, 0.3) is 0 Å². The van der Waals surface area contributed by atoms with Crippen molar-refractivity contribution >= 4 is 11.9 Å². The topological polar surface area (TPSA) is 71.1 Å². The first-order valence-electron chi connectivity index (χ1n) is 8.32. The highest BCUT2D eigenvalue weighted by Crippen LogP contribution is 2.18. The van der Waals surface area contributed by atoms with Gasteiger partial charge in [-0.3, -0.25) is 9.59 Å². The predicted molar refractivity (Wildman–Crippen MR) is 89.2 cm³/mol. The lowest BCUT2D eigenvalue weighted by atomic mass is 10.3. The van der Waals surface area contributed by atoms with E-state index in [0.717, 1.165) is 11.5 Å². The second-order valence-electron chi connectivity index (χ2n) is 4.99. The van der Waals surface area contributed by atoms with Gasteiger partial charge >= 0.3 is 11.9 Å². The van der Waals surface area contributed by atoms with E-state index in [1.807, 2.05) is 24.3 Å². The predicted octanol–water partition coefficient (Wildman–Crippen LogP) is 3.13. The van der Waals surface area contributed by atoms with Crippen molar-refractivity contribution in [1.82, 2.24) is 0 Å². The SMILES string of the molecule is CCOC(=O)CCCOc1ccc(OCCCC(=O)OCC)cc1. The largest absolute Gasteiger partial charge is 0.494 e. The van der Waals surface area contributed by atoms with E-state index in [-0.39, 0.29) is 11.9 Å². The van der Waals surface area contributed by atoms with Crippen molar-refractivity contribution in [2.75, 3.05) is 26.4 Å². The normalized spacial score (nSPS) is 10.1. The molecule has 0 aliphatic carbocycles. The molecular formula is C18H26O6. The Labute approximate surface area is 143 Å². The molecule has 0 aromatic heterocycles. The van der Waals surface area contributed by atoms with Gasteiger partial charge in [0, 0.05) is 12.8 Å². The molecular weight excluding hydrogens is 312 g/mol. The van der Waals surface area contributed by atoms with Crippen LogP contribution in [0.3, 0.4) is 0 Å². The first kappa shape index (κ1) is 19.8. The molecule has 0 bridgehead atoms. The van der Waals surface area contributed by atoms with Crippen LogP contribution in [-0.2, 0) is 19.1 Å². The maximum atomic E-state index is 11.2. The Morgan fingerprint density at radius 2 is 1.12 bits per heavy atom. The Hall–Kier alpha value is -2.24. The number of carbonyl (C=O) groups is 2. The monoisotopic (exact) mass is 338 g/mol. The molecule has 0 saturated heterocycles. The number of esters is 2. The van der Waals surface area contributed by atoms with E-state index in [4.69, 9.17) is 18.9 Å². The lowest BCUT2D eigenvalue weighted by Crippen LogP contribution is -2.07. The maximum Gasteiger partial charge on any atom is 0.305 e. The molecule has 0 unspecified atom stereocenters. The molecule has 0 heterocycles. The fourth-order valence-electron chi connectivity index (χ4n) is 1.91. The van der Waals surface area contributed by atoms with Crippen LogP contribution in [0.4, 0.5) is 0 Å². The fraction of sp³-hybridized carbons (Fsp3) is 0.556. The zero-order chi connectivity index (χ0) is 17.6. The quantitative estimate of drug-likeness (QED) is 0.431. The van der Waals surface area contributed by atoms with Gasteiger partial charge in [-0.1, -0.05) is 0 Å². The molecule has 6 heteroatoms. The van der Waals surface area contributed by atoms with Crippen LogP contribution in [0.5, 0.6) is 11.5 Å². The van der Waals surface area contributed by atoms with E-state index in [9.17, 15) is 9.59 Å². The Balaban J connectivity index is 2.16. The minimum Gasteiger partial charge on any atom is -0.494 e. The van der Waals surface area contributed by atoms with E-state index >= 15 is 0 Å². The van der Waals surface area contributed by atoms with E-state index in [2.05, 4.69) is 0 Å². The summed E-state index contributed by atoms with van der Waals surface area (Å²) in [5.41, 5.74) is 0. The summed E-state index contributed by atoms with van der Waals surface area (Å²) in [4.78, 5) is 22.4. The van der Waals surface area contributed by atoms with Gasteiger partial charge in [-0.05, 0) is 51.0 Å². The third-order valence-electron chi connectivity index (χ3n) is 3.02. The number of hydrogen-bond donors (Lipinski definition) is 0. The molecule has 1 rings (SSSR count). The van der Waals surface area contributed by atoms with Crippen molar-refractivity contribution < 1.29 is 28.5 Å². The van der Waals surface area contributed by atoms with Gasteiger partial charge in [0.15, 0.2) is 0 Å². The Morgan fingerprint density at radius 3 is 1.46 bits per heavy atom. The van der Waals surface area contributed by atoms with Gasteiger partial charge in [-0.15, -0.1) is 0 Å². The first-order chi connectivity index (χ1) is 11.7. The molecule has 0 aliphatic heterocycles. The molecule has 0 radical (unpaired) electrons. The zero-order valence-corrected chi connectivity index (χ0v) is 14.4. The van der Waals surface area contributed by atoms with Crippen molar-refractivity contribution in [3.63, 3.8) is 0 Å². The Kier molecular flexibility index (Phi) is 10.1. The lowest BCUT2D eigenvalue weighted by Gasteiger charge is -2.08.